The van der Waals surface area contributed by atoms with E-state index in [4.69, 9.17) is 21.1 Å². The lowest BCUT2D eigenvalue weighted by Gasteiger charge is -2.14. The standard InChI is InChI=1S/C15H20ClN3O2/c1-4-19-6-5-18-14(19)10-21-15-12(16)7-11(9-17-2)8-13(15)20-3/h5-8,17H,4,9-10H2,1-3H3. The van der Waals surface area contributed by atoms with Crippen molar-refractivity contribution in [2.75, 3.05) is 14.2 Å². The Kier molecular flexibility index (Phi) is 5.47. The number of halogens is 1. The molecule has 0 spiro atoms. The zero-order valence-electron chi connectivity index (χ0n) is 12.5. The van der Waals surface area contributed by atoms with Gasteiger partial charge in [0.25, 0.3) is 0 Å². The molecule has 5 nitrogen and oxygen atoms in total. The molecule has 1 N–H and O–H groups in total. The number of methoxy groups -OCH3 is 1. The number of rotatable bonds is 7. The first-order chi connectivity index (χ1) is 10.2. The van der Waals surface area contributed by atoms with E-state index in [1.54, 1.807) is 13.3 Å². The molecule has 0 amide bonds. The second-order valence-corrected chi connectivity index (χ2v) is 4.96. The minimum absolute atomic E-state index is 0.349. The van der Waals surface area contributed by atoms with Gasteiger partial charge in [0, 0.05) is 25.5 Å². The fraction of sp³-hybridized carbons (Fsp3) is 0.400. The lowest BCUT2D eigenvalue weighted by Crippen LogP contribution is -2.08. The Morgan fingerprint density at radius 3 is 2.86 bits per heavy atom. The van der Waals surface area contributed by atoms with Crippen LogP contribution in [0.15, 0.2) is 24.5 Å². The number of hydrogen-bond donors (Lipinski definition) is 1. The van der Waals surface area contributed by atoms with Crippen LogP contribution in [0.3, 0.4) is 0 Å². The highest BCUT2D eigenvalue weighted by Gasteiger charge is 2.13. The Morgan fingerprint density at radius 1 is 1.38 bits per heavy atom. The monoisotopic (exact) mass is 309 g/mol. The van der Waals surface area contributed by atoms with E-state index in [0.29, 0.717) is 23.1 Å². The smallest absolute Gasteiger partial charge is 0.180 e. The molecule has 1 heterocycles. The lowest BCUT2D eigenvalue weighted by atomic mass is 10.2. The molecule has 0 saturated heterocycles. The molecule has 0 bridgehead atoms. The second kappa shape index (κ2) is 7.33. The van der Waals surface area contributed by atoms with Crippen LogP contribution in [0.25, 0.3) is 0 Å². The molecule has 1 aromatic heterocycles. The molecule has 0 fully saturated rings. The van der Waals surface area contributed by atoms with E-state index in [1.807, 2.05) is 29.9 Å². The van der Waals surface area contributed by atoms with Gasteiger partial charge < -0.3 is 19.4 Å². The summed E-state index contributed by atoms with van der Waals surface area (Å²) in [4.78, 5) is 4.28. The van der Waals surface area contributed by atoms with Crippen LogP contribution < -0.4 is 14.8 Å². The maximum atomic E-state index is 6.30. The van der Waals surface area contributed by atoms with Crippen molar-refractivity contribution in [3.63, 3.8) is 0 Å². The van der Waals surface area contributed by atoms with Gasteiger partial charge in [0.2, 0.25) is 0 Å². The van der Waals surface area contributed by atoms with Gasteiger partial charge in [-0.2, -0.15) is 0 Å². The first-order valence-corrected chi connectivity index (χ1v) is 7.21. The molecule has 0 aliphatic rings. The van der Waals surface area contributed by atoms with Crippen LogP contribution >= 0.6 is 11.6 Å². The molecule has 0 aliphatic carbocycles. The van der Waals surface area contributed by atoms with Crippen molar-refractivity contribution in [3.8, 4) is 11.5 Å². The third-order valence-electron chi connectivity index (χ3n) is 3.16. The number of ether oxygens (including phenoxy) is 2. The van der Waals surface area contributed by atoms with E-state index in [-0.39, 0.29) is 0 Å². The number of benzene rings is 1. The van der Waals surface area contributed by atoms with E-state index in [0.717, 1.165) is 24.5 Å². The molecule has 0 atom stereocenters. The van der Waals surface area contributed by atoms with E-state index in [1.165, 1.54) is 0 Å². The number of nitrogens with zero attached hydrogens (tertiary/aromatic N) is 2. The van der Waals surface area contributed by atoms with Crippen LogP contribution in [0.5, 0.6) is 11.5 Å². The van der Waals surface area contributed by atoms with Crippen LogP contribution in [-0.4, -0.2) is 23.7 Å². The molecule has 2 aromatic rings. The Balaban J connectivity index is 2.19. The van der Waals surface area contributed by atoms with E-state index in [2.05, 4.69) is 17.2 Å². The predicted octanol–water partition coefficient (Wildman–Crippen LogP) is 2.86. The molecule has 2 rings (SSSR count). The molecule has 0 unspecified atom stereocenters. The molecule has 21 heavy (non-hydrogen) atoms. The Bertz CT molecular complexity index is 599. The van der Waals surface area contributed by atoms with Crippen molar-refractivity contribution < 1.29 is 9.47 Å². The minimum Gasteiger partial charge on any atom is -0.493 e. The molecular weight excluding hydrogens is 290 g/mol. The first-order valence-electron chi connectivity index (χ1n) is 6.83. The zero-order valence-corrected chi connectivity index (χ0v) is 13.3. The Hall–Kier alpha value is -1.72. The average molecular weight is 310 g/mol. The summed E-state index contributed by atoms with van der Waals surface area (Å²) in [5.41, 5.74) is 1.04. The van der Waals surface area contributed by atoms with Gasteiger partial charge in [0.1, 0.15) is 12.4 Å². The summed E-state index contributed by atoms with van der Waals surface area (Å²) in [5.74, 6) is 2.03. The summed E-state index contributed by atoms with van der Waals surface area (Å²) in [6.07, 6.45) is 3.69. The highest BCUT2D eigenvalue weighted by atomic mass is 35.5. The van der Waals surface area contributed by atoms with Crippen LogP contribution in [0.1, 0.15) is 18.3 Å². The zero-order chi connectivity index (χ0) is 15.2. The predicted molar refractivity (Wildman–Crippen MR) is 83.0 cm³/mol. The van der Waals surface area contributed by atoms with Crippen LogP contribution in [-0.2, 0) is 19.7 Å². The average Bonchev–Trinajstić information content (AvgIpc) is 2.93. The molecule has 114 valence electrons. The van der Waals surface area contributed by atoms with Gasteiger partial charge in [0.05, 0.1) is 12.1 Å². The second-order valence-electron chi connectivity index (χ2n) is 4.56. The molecule has 0 aliphatic heterocycles. The van der Waals surface area contributed by atoms with E-state index >= 15 is 0 Å². The Labute approximate surface area is 129 Å². The van der Waals surface area contributed by atoms with Crippen LogP contribution in [0.4, 0.5) is 0 Å². The number of imidazole rings is 1. The van der Waals surface area contributed by atoms with Crippen LogP contribution in [0.2, 0.25) is 5.02 Å². The lowest BCUT2D eigenvalue weighted by molar-refractivity contribution is 0.272. The number of nitrogens with one attached hydrogen (secondary N) is 1. The third-order valence-corrected chi connectivity index (χ3v) is 3.44. The number of aromatic nitrogens is 2. The summed E-state index contributed by atoms with van der Waals surface area (Å²) < 4.78 is 13.2. The normalized spacial score (nSPS) is 10.7. The first kappa shape index (κ1) is 15.7. The molecule has 0 saturated carbocycles. The van der Waals surface area contributed by atoms with Gasteiger partial charge in [-0.1, -0.05) is 11.6 Å². The van der Waals surface area contributed by atoms with Crippen molar-refractivity contribution in [3.05, 3.63) is 40.9 Å². The Morgan fingerprint density at radius 2 is 2.19 bits per heavy atom. The highest BCUT2D eigenvalue weighted by Crippen LogP contribution is 2.36. The summed E-state index contributed by atoms with van der Waals surface area (Å²) in [6.45, 7) is 3.98. The van der Waals surface area contributed by atoms with E-state index < -0.39 is 0 Å². The summed E-state index contributed by atoms with van der Waals surface area (Å²) in [5, 5.41) is 3.62. The largest absolute Gasteiger partial charge is 0.493 e. The van der Waals surface area contributed by atoms with Gasteiger partial charge in [-0.25, -0.2) is 4.98 Å². The highest BCUT2D eigenvalue weighted by molar-refractivity contribution is 6.32. The fourth-order valence-electron chi connectivity index (χ4n) is 2.12. The van der Waals surface area contributed by atoms with Crippen molar-refractivity contribution >= 4 is 11.6 Å². The van der Waals surface area contributed by atoms with Crippen molar-refractivity contribution in [1.29, 1.82) is 0 Å². The van der Waals surface area contributed by atoms with E-state index in [9.17, 15) is 0 Å². The van der Waals surface area contributed by atoms with Crippen LogP contribution in [0, 0.1) is 0 Å². The van der Waals surface area contributed by atoms with Crippen molar-refractivity contribution in [2.45, 2.75) is 26.6 Å². The summed E-state index contributed by atoms with van der Waals surface area (Å²) >= 11 is 6.30. The maximum Gasteiger partial charge on any atom is 0.180 e. The quantitative estimate of drug-likeness (QED) is 0.854. The topological polar surface area (TPSA) is 48.3 Å². The number of hydrogen-bond acceptors (Lipinski definition) is 4. The van der Waals surface area contributed by atoms with Gasteiger partial charge in [-0.3, -0.25) is 0 Å². The van der Waals surface area contributed by atoms with Gasteiger partial charge in [0.15, 0.2) is 11.5 Å². The third kappa shape index (κ3) is 3.68. The summed E-state index contributed by atoms with van der Waals surface area (Å²) in [6, 6.07) is 3.80. The number of aryl methyl sites for hydroxylation is 1. The van der Waals surface area contributed by atoms with Gasteiger partial charge in [-0.15, -0.1) is 0 Å². The molecule has 6 heteroatoms. The molecule has 0 radical (unpaired) electrons. The minimum atomic E-state index is 0.349. The maximum absolute atomic E-state index is 6.30. The molecule has 1 aromatic carbocycles. The SMILES string of the molecule is CCn1ccnc1COc1c(Cl)cc(CNC)cc1OC. The summed E-state index contributed by atoms with van der Waals surface area (Å²) in [7, 11) is 3.49. The van der Waals surface area contributed by atoms with Crippen molar-refractivity contribution in [1.82, 2.24) is 14.9 Å². The van der Waals surface area contributed by atoms with Gasteiger partial charge in [-0.05, 0) is 31.7 Å². The van der Waals surface area contributed by atoms with Crippen molar-refractivity contribution in [2.24, 2.45) is 0 Å². The van der Waals surface area contributed by atoms with Gasteiger partial charge >= 0.3 is 0 Å². The fourth-order valence-corrected chi connectivity index (χ4v) is 2.41. The molecular formula is C15H20ClN3O2.